The second-order valence-electron chi connectivity index (χ2n) is 16.9. The van der Waals surface area contributed by atoms with Gasteiger partial charge in [0.25, 0.3) is 11.8 Å². The van der Waals surface area contributed by atoms with Crippen LogP contribution in [0.15, 0.2) is 77.7 Å². The molecular formula is C47H47BrF2N14O5. The Hall–Kier alpha value is -7.75. The number of rotatable bonds is 15. The lowest BCUT2D eigenvalue weighted by Gasteiger charge is -2.34. The zero-order chi connectivity index (χ0) is 48.5. The summed E-state index contributed by atoms with van der Waals surface area (Å²) >= 11 is 3.53. The Morgan fingerprint density at radius 3 is 2.58 bits per heavy atom. The average molecular weight is 1010 g/mol. The molecule has 4 aromatic heterocycles. The average Bonchev–Trinajstić information content (AvgIpc) is 4.01. The van der Waals surface area contributed by atoms with Gasteiger partial charge in [-0.3, -0.25) is 9.59 Å². The molecule has 2 aliphatic rings. The SMILES string of the molecule is C=C(COC(=O)N1CCN(c2nc(NCc3nc4ccc(C)cc4[nH]3)n3ncc(Br)c3n2)CC1)C(=O)N(C)CCOc1c(N)ncnc1-c1cc(F)cc(NC(=O)c2ccc(C3CC3)cc2F)c1C. The number of aryl methyl sites for hydroxylation is 1. The van der Waals surface area contributed by atoms with Gasteiger partial charge in [-0.2, -0.15) is 19.6 Å². The van der Waals surface area contributed by atoms with E-state index in [1.54, 1.807) is 23.7 Å². The van der Waals surface area contributed by atoms with Crippen LogP contribution in [0.25, 0.3) is 27.9 Å². The second kappa shape index (κ2) is 19.5. The van der Waals surface area contributed by atoms with Crippen molar-refractivity contribution >= 4 is 73.9 Å². The highest BCUT2D eigenvalue weighted by Crippen LogP contribution is 2.41. The van der Waals surface area contributed by atoms with Gasteiger partial charge in [0.15, 0.2) is 17.2 Å². The van der Waals surface area contributed by atoms with Crippen LogP contribution >= 0.6 is 15.9 Å². The van der Waals surface area contributed by atoms with Crippen LogP contribution in [0.1, 0.15) is 51.6 Å². The minimum Gasteiger partial charge on any atom is -0.486 e. The predicted molar refractivity (Wildman–Crippen MR) is 257 cm³/mol. The quantitative estimate of drug-likeness (QED) is 0.0776. The molecule has 5 heterocycles. The molecule has 2 fully saturated rings. The van der Waals surface area contributed by atoms with Gasteiger partial charge in [0.05, 0.1) is 40.4 Å². The number of aromatic amines is 1. The molecule has 19 nitrogen and oxygen atoms in total. The number of halogens is 3. The summed E-state index contributed by atoms with van der Waals surface area (Å²) < 4.78 is 43.9. The number of amides is 3. The molecule has 22 heteroatoms. The number of H-pyrrole nitrogens is 1. The van der Waals surface area contributed by atoms with Gasteiger partial charge < -0.3 is 45.5 Å². The van der Waals surface area contributed by atoms with Gasteiger partial charge in [0.2, 0.25) is 11.9 Å². The lowest BCUT2D eigenvalue weighted by Crippen LogP contribution is -2.49. The Balaban J connectivity index is 0.762. The molecule has 0 radical (unpaired) electrons. The molecule has 1 aliphatic heterocycles. The van der Waals surface area contributed by atoms with E-state index in [1.165, 1.54) is 41.4 Å². The van der Waals surface area contributed by atoms with Crippen LogP contribution in [0, 0.1) is 25.5 Å². The first-order valence-corrected chi connectivity index (χ1v) is 22.8. The highest BCUT2D eigenvalue weighted by atomic mass is 79.9. The number of nitrogens with two attached hydrogens (primary N) is 1. The van der Waals surface area contributed by atoms with Crippen molar-refractivity contribution in [1.82, 2.24) is 49.3 Å². The number of nitrogens with one attached hydrogen (secondary N) is 3. The van der Waals surface area contributed by atoms with E-state index in [9.17, 15) is 18.8 Å². The number of likely N-dealkylation sites (N-methyl/N-ethyl adjacent to an activating group) is 1. The standard InChI is InChI=1S/C47H47BrF2N14O5/c1-25-5-10-35-37(17-25)57-38(56-35)22-52-45-60-46(59-42-33(48)21-55-64(42)45)62-11-13-63(14-12-62)47(67)69-23-26(2)44(66)61(4)15-16-68-40-39(53-24-54-41(40)51)32-19-30(49)20-36(27(32)3)58-43(65)31-9-8-29(18-34(31)50)28-6-7-28/h5,8-10,17-21,24,28H,2,6-7,11-16,22-23H2,1,3-4H3,(H,56,57)(H,58,65)(H2,51,53,54)(H,52,59,60). The van der Waals surface area contributed by atoms with Crippen molar-refractivity contribution in [2.24, 2.45) is 0 Å². The van der Waals surface area contributed by atoms with Gasteiger partial charge in [-0.25, -0.2) is 28.5 Å². The Labute approximate surface area is 402 Å². The van der Waals surface area contributed by atoms with Crippen molar-refractivity contribution < 1.29 is 32.6 Å². The van der Waals surface area contributed by atoms with E-state index in [4.69, 9.17) is 25.2 Å². The summed E-state index contributed by atoms with van der Waals surface area (Å²) in [6.07, 6.45) is 4.19. The molecule has 1 saturated heterocycles. The molecule has 7 aromatic rings. The number of carbonyl (C=O) groups excluding carboxylic acids is 3. The molecule has 356 valence electrons. The molecule has 69 heavy (non-hydrogen) atoms. The molecule has 0 bridgehead atoms. The van der Waals surface area contributed by atoms with Crippen LogP contribution in [0.5, 0.6) is 5.75 Å². The van der Waals surface area contributed by atoms with Gasteiger partial charge in [-0.15, -0.1) is 0 Å². The van der Waals surface area contributed by atoms with Gasteiger partial charge in [0, 0.05) is 50.1 Å². The number of aromatic nitrogens is 8. The van der Waals surface area contributed by atoms with E-state index < -0.39 is 29.5 Å². The number of fused-ring (bicyclic) bond motifs is 2. The third-order valence-electron chi connectivity index (χ3n) is 11.9. The summed E-state index contributed by atoms with van der Waals surface area (Å²) in [7, 11) is 1.53. The van der Waals surface area contributed by atoms with E-state index in [2.05, 4.69) is 58.2 Å². The molecule has 1 aliphatic carbocycles. The Kier molecular flexibility index (Phi) is 13.1. The molecular weight excluding hydrogens is 959 g/mol. The summed E-state index contributed by atoms with van der Waals surface area (Å²) in [5.74, 6) is -0.677. The fourth-order valence-electron chi connectivity index (χ4n) is 7.92. The van der Waals surface area contributed by atoms with Gasteiger partial charge in [-0.05, 0) is 102 Å². The smallest absolute Gasteiger partial charge is 0.410 e. The molecule has 3 amide bonds. The number of carbonyl (C=O) groups is 3. The number of anilines is 4. The molecule has 3 aromatic carbocycles. The maximum absolute atomic E-state index is 15.1. The van der Waals surface area contributed by atoms with E-state index in [0.29, 0.717) is 66.2 Å². The monoisotopic (exact) mass is 1000 g/mol. The fraction of sp³-hybridized carbons (Fsp3) is 0.298. The largest absolute Gasteiger partial charge is 0.486 e. The van der Waals surface area contributed by atoms with Crippen LogP contribution in [-0.2, 0) is 16.1 Å². The highest BCUT2D eigenvalue weighted by molar-refractivity contribution is 9.10. The molecule has 0 spiro atoms. The van der Waals surface area contributed by atoms with E-state index >= 15 is 4.39 Å². The van der Waals surface area contributed by atoms with Crippen LogP contribution in [0.3, 0.4) is 0 Å². The second-order valence-corrected chi connectivity index (χ2v) is 17.7. The number of benzene rings is 3. The van der Waals surface area contributed by atoms with Gasteiger partial charge >= 0.3 is 6.09 Å². The number of piperazine rings is 1. The van der Waals surface area contributed by atoms with Crippen LogP contribution in [-0.4, -0.2) is 120 Å². The molecule has 5 N–H and O–H groups in total. The normalized spacial score (nSPS) is 13.7. The number of hydrogen-bond acceptors (Lipinski definition) is 14. The lowest BCUT2D eigenvalue weighted by molar-refractivity contribution is -0.126. The van der Waals surface area contributed by atoms with Crippen molar-refractivity contribution in [1.29, 1.82) is 0 Å². The number of ether oxygens (including phenoxy) is 2. The number of imidazole rings is 1. The summed E-state index contributed by atoms with van der Waals surface area (Å²) in [4.78, 5) is 70.3. The Morgan fingerprint density at radius 2 is 1.81 bits per heavy atom. The lowest BCUT2D eigenvalue weighted by atomic mass is 10.0. The minimum atomic E-state index is -0.741. The van der Waals surface area contributed by atoms with Crippen molar-refractivity contribution in [3.05, 3.63) is 117 Å². The highest BCUT2D eigenvalue weighted by Gasteiger charge is 2.28. The molecule has 9 rings (SSSR count). The number of hydrogen-bond donors (Lipinski definition) is 4. The minimum absolute atomic E-state index is 0.0202. The van der Waals surface area contributed by atoms with Crippen molar-refractivity contribution in [3.63, 3.8) is 0 Å². The van der Waals surface area contributed by atoms with E-state index in [0.717, 1.165) is 46.9 Å². The first-order chi connectivity index (χ1) is 33.2. The van der Waals surface area contributed by atoms with Crippen molar-refractivity contribution in [2.45, 2.75) is 39.2 Å². The van der Waals surface area contributed by atoms with Gasteiger partial charge in [0.1, 0.15) is 42.7 Å². The maximum Gasteiger partial charge on any atom is 0.410 e. The fourth-order valence-corrected chi connectivity index (χ4v) is 8.27. The molecule has 0 unspecified atom stereocenters. The first-order valence-electron chi connectivity index (χ1n) is 22.1. The van der Waals surface area contributed by atoms with Crippen molar-refractivity contribution in [2.75, 3.05) is 74.3 Å². The van der Waals surface area contributed by atoms with Crippen LogP contribution in [0.4, 0.5) is 37.0 Å². The Morgan fingerprint density at radius 1 is 1.01 bits per heavy atom. The zero-order valence-corrected chi connectivity index (χ0v) is 39.4. The molecule has 1 saturated carbocycles. The third-order valence-corrected chi connectivity index (χ3v) is 12.5. The van der Waals surface area contributed by atoms with Gasteiger partial charge in [-0.1, -0.05) is 18.7 Å². The maximum atomic E-state index is 15.1. The Bertz CT molecular complexity index is 3150. The number of nitrogen functional groups attached to an aromatic ring is 1. The third kappa shape index (κ3) is 10.1. The summed E-state index contributed by atoms with van der Waals surface area (Å²) in [5, 5.41) is 10.4. The first kappa shape index (κ1) is 46.4. The van der Waals surface area contributed by atoms with E-state index in [-0.39, 0.29) is 59.4 Å². The van der Waals surface area contributed by atoms with Crippen molar-refractivity contribution in [3.8, 4) is 17.0 Å². The predicted octanol–water partition coefficient (Wildman–Crippen LogP) is 6.79. The zero-order valence-electron chi connectivity index (χ0n) is 37.9. The molecule has 0 atom stereocenters. The summed E-state index contributed by atoms with van der Waals surface area (Å²) in [6, 6.07) is 12.9. The van der Waals surface area contributed by atoms with E-state index in [1.807, 2.05) is 30.0 Å². The van der Waals surface area contributed by atoms with Crippen LogP contribution < -0.4 is 26.0 Å². The summed E-state index contributed by atoms with van der Waals surface area (Å²) in [5.41, 5.74) is 11.3. The number of nitrogens with zero attached hydrogens (tertiary/aromatic N) is 10. The van der Waals surface area contributed by atoms with Crippen LogP contribution in [0.2, 0.25) is 0 Å². The summed E-state index contributed by atoms with van der Waals surface area (Å²) in [6.45, 7) is 8.90. The topological polar surface area (TPSA) is 227 Å².